The van der Waals surface area contributed by atoms with Gasteiger partial charge in [-0.25, -0.2) is 24.0 Å². The Morgan fingerprint density at radius 2 is 1.88 bits per heavy atom. The Morgan fingerprint density at radius 3 is 2.64 bits per heavy atom. The lowest BCUT2D eigenvalue weighted by Gasteiger charge is -2.10. The van der Waals surface area contributed by atoms with Crippen LogP contribution in [0, 0.1) is 5.82 Å². The van der Waals surface area contributed by atoms with Gasteiger partial charge in [0.05, 0.1) is 24.7 Å². The number of nitrogens with one attached hydrogen (secondary N) is 1. The molecule has 1 N–H and O–H groups in total. The van der Waals surface area contributed by atoms with Crippen molar-refractivity contribution in [1.29, 1.82) is 0 Å². The molecule has 33 heavy (non-hydrogen) atoms. The maximum atomic E-state index is 13.9. The summed E-state index contributed by atoms with van der Waals surface area (Å²) in [5, 5.41) is 6.96. The van der Waals surface area contributed by atoms with Gasteiger partial charge in [-0.2, -0.15) is 5.10 Å². The van der Waals surface area contributed by atoms with Crippen LogP contribution in [0.1, 0.15) is 6.92 Å². The van der Waals surface area contributed by atoms with E-state index >= 15 is 0 Å². The number of halogens is 1. The highest BCUT2D eigenvalue weighted by molar-refractivity contribution is 5.87. The number of hydrogen-bond donors (Lipinski definition) is 1. The number of pyridine rings is 2. The molecule has 4 heterocycles. The molecule has 0 aliphatic rings. The smallest absolute Gasteiger partial charge is 0.222 e. The van der Waals surface area contributed by atoms with Crippen LogP contribution in [-0.4, -0.2) is 42.2 Å². The topological polar surface area (TPSA) is 99.2 Å². The lowest BCUT2D eigenvalue weighted by Crippen LogP contribution is -2.07. The summed E-state index contributed by atoms with van der Waals surface area (Å²) in [6.07, 6.45) is 6.77. The molecule has 4 aromatic heterocycles. The number of nitrogens with zero attached hydrogens (tertiary/aromatic N) is 6. The first kappa shape index (κ1) is 20.3. The van der Waals surface area contributed by atoms with Crippen LogP contribution in [0.2, 0.25) is 0 Å². The van der Waals surface area contributed by atoms with E-state index < -0.39 is 5.82 Å². The van der Waals surface area contributed by atoms with Gasteiger partial charge in [0, 0.05) is 36.5 Å². The van der Waals surface area contributed by atoms with Gasteiger partial charge in [0.1, 0.15) is 17.8 Å². The molecule has 9 nitrogen and oxygen atoms in total. The molecular formula is C23H18FN7O2. The number of carbonyl (C=O) groups excluding carboxylic acids is 1. The minimum atomic E-state index is -0.453. The summed E-state index contributed by atoms with van der Waals surface area (Å²) in [6.45, 7) is 1.43. The number of methoxy groups -OCH3 is 1. The van der Waals surface area contributed by atoms with Crippen LogP contribution in [0.3, 0.4) is 0 Å². The van der Waals surface area contributed by atoms with Crippen LogP contribution < -0.4 is 10.1 Å². The fourth-order valence-electron chi connectivity index (χ4n) is 3.53. The Bertz CT molecular complexity index is 1470. The Labute approximate surface area is 187 Å². The van der Waals surface area contributed by atoms with Crippen molar-refractivity contribution in [3.63, 3.8) is 0 Å². The van der Waals surface area contributed by atoms with Crippen molar-refractivity contribution < 1.29 is 13.9 Å². The largest absolute Gasteiger partial charge is 0.494 e. The molecular weight excluding hydrogens is 425 g/mol. The van der Waals surface area contributed by atoms with E-state index in [1.165, 1.54) is 26.4 Å². The van der Waals surface area contributed by atoms with Crippen molar-refractivity contribution in [1.82, 2.24) is 29.1 Å². The van der Waals surface area contributed by atoms with E-state index in [1.807, 2.05) is 28.8 Å². The maximum absolute atomic E-state index is 13.9. The molecule has 5 rings (SSSR count). The lowest BCUT2D eigenvalue weighted by molar-refractivity contribution is -0.114. The summed E-state index contributed by atoms with van der Waals surface area (Å²) in [5.41, 5.74) is 3.80. The Balaban J connectivity index is 1.56. The summed E-state index contributed by atoms with van der Waals surface area (Å²) in [4.78, 5) is 24.4. The van der Waals surface area contributed by atoms with E-state index in [4.69, 9.17) is 4.74 Å². The van der Waals surface area contributed by atoms with Crippen LogP contribution in [0.4, 0.5) is 10.2 Å². The van der Waals surface area contributed by atoms with Crippen LogP contribution >= 0.6 is 0 Å². The number of aromatic nitrogens is 6. The minimum Gasteiger partial charge on any atom is -0.494 e. The van der Waals surface area contributed by atoms with Gasteiger partial charge in [0.25, 0.3) is 0 Å². The molecule has 0 saturated carbocycles. The van der Waals surface area contributed by atoms with Gasteiger partial charge in [-0.15, -0.1) is 0 Å². The first-order chi connectivity index (χ1) is 16.0. The normalized spacial score (nSPS) is 11.0. The SMILES string of the molecule is COc1cc(-n2ncnc2-c2ccc3ncc(-c4ccc(NC(C)=O)nc4)n3c2)ccc1F. The highest BCUT2D eigenvalue weighted by atomic mass is 19.1. The van der Waals surface area contributed by atoms with Crippen LogP contribution in [-0.2, 0) is 4.79 Å². The molecule has 5 aromatic rings. The summed E-state index contributed by atoms with van der Waals surface area (Å²) >= 11 is 0. The Hall–Kier alpha value is -4.60. The fourth-order valence-corrected chi connectivity index (χ4v) is 3.53. The molecule has 0 unspecified atom stereocenters. The summed E-state index contributed by atoms with van der Waals surface area (Å²) in [5.74, 6) is 0.535. The van der Waals surface area contributed by atoms with Crippen LogP contribution in [0.25, 0.3) is 34.0 Å². The van der Waals surface area contributed by atoms with E-state index in [0.29, 0.717) is 17.3 Å². The van der Waals surface area contributed by atoms with Crippen LogP contribution in [0.15, 0.2) is 67.4 Å². The van der Waals surface area contributed by atoms with Crippen molar-refractivity contribution >= 4 is 17.4 Å². The van der Waals surface area contributed by atoms with Gasteiger partial charge in [0.2, 0.25) is 5.91 Å². The zero-order chi connectivity index (χ0) is 22.9. The third kappa shape index (κ3) is 3.78. The molecule has 1 aromatic carbocycles. The zero-order valence-corrected chi connectivity index (χ0v) is 17.7. The van der Waals surface area contributed by atoms with Gasteiger partial charge in [-0.1, -0.05) is 0 Å². The van der Waals surface area contributed by atoms with E-state index in [0.717, 1.165) is 22.5 Å². The van der Waals surface area contributed by atoms with Crippen molar-refractivity contribution in [2.45, 2.75) is 6.92 Å². The van der Waals surface area contributed by atoms with E-state index in [2.05, 4.69) is 25.4 Å². The molecule has 0 aliphatic carbocycles. The van der Waals surface area contributed by atoms with Gasteiger partial charge in [-0.3, -0.25) is 9.20 Å². The number of carbonyl (C=O) groups is 1. The number of imidazole rings is 1. The number of benzene rings is 1. The second-order valence-corrected chi connectivity index (χ2v) is 7.22. The zero-order valence-electron chi connectivity index (χ0n) is 17.7. The summed E-state index contributed by atoms with van der Waals surface area (Å²) in [7, 11) is 1.41. The highest BCUT2D eigenvalue weighted by Crippen LogP contribution is 2.27. The molecule has 0 radical (unpaired) electrons. The third-order valence-electron chi connectivity index (χ3n) is 5.05. The van der Waals surface area contributed by atoms with E-state index in [-0.39, 0.29) is 11.7 Å². The highest BCUT2D eigenvalue weighted by Gasteiger charge is 2.14. The molecule has 164 valence electrons. The number of rotatable bonds is 5. The molecule has 0 spiro atoms. The van der Waals surface area contributed by atoms with E-state index in [1.54, 1.807) is 35.3 Å². The van der Waals surface area contributed by atoms with Gasteiger partial charge >= 0.3 is 0 Å². The molecule has 10 heteroatoms. The van der Waals surface area contributed by atoms with Crippen molar-refractivity contribution in [2.75, 3.05) is 12.4 Å². The Morgan fingerprint density at radius 1 is 1.03 bits per heavy atom. The Kier molecular flexibility index (Phi) is 5.02. The molecule has 0 bridgehead atoms. The van der Waals surface area contributed by atoms with E-state index in [9.17, 15) is 9.18 Å². The average Bonchev–Trinajstić information content (AvgIpc) is 3.46. The standard InChI is InChI=1S/C23H18FN7O2/c1-14(32)29-21-7-3-15(10-25-21)19-11-26-22-8-4-16(12-30(19)22)23-27-13-28-31(23)17-5-6-18(24)20(9-17)33-2/h3-13H,1-2H3,(H,25,29,32). The molecule has 0 saturated heterocycles. The third-order valence-corrected chi connectivity index (χ3v) is 5.05. The molecule has 1 amide bonds. The number of ether oxygens (including phenoxy) is 1. The van der Waals surface area contributed by atoms with Crippen molar-refractivity contribution in [2.24, 2.45) is 0 Å². The van der Waals surface area contributed by atoms with Crippen LogP contribution in [0.5, 0.6) is 5.75 Å². The maximum Gasteiger partial charge on any atom is 0.222 e. The first-order valence-electron chi connectivity index (χ1n) is 9.99. The minimum absolute atomic E-state index is 0.122. The summed E-state index contributed by atoms with van der Waals surface area (Å²) < 4.78 is 22.5. The van der Waals surface area contributed by atoms with Gasteiger partial charge in [0.15, 0.2) is 17.4 Å². The number of fused-ring (bicyclic) bond motifs is 1. The number of hydrogen-bond acceptors (Lipinski definition) is 6. The van der Waals surface area contributed by atoms with Gasteiger partial charge < -0.3 is 10.1 Å². The summed E-state index contributed by atoms with van der Waals surface area (Å²) in [6, 6.07) is 11.9. The quantitative estimate of drug-likeness (QED) is 0.444. The molecule has 0 atom stereocenters. The van der Waals surface area contributed by atoms with Crippen molar-refractivity contribution in [3.05, 3.63) is 73.2 Å². The number of anilines is 1. The predicted octanol–water partition coefficient (Wildman–Crippen LogP) is 3.75. The monoisotopic (exact) mass is 443 g/mol. The van der Waals surface area contributed by atoms with Gasteiger partial charge in [-0.05, 0) is 36.4 Å². The first-order valence-corrected chi connectivity index (χ1v) is 9.99. The second kappa shape index (κ2) is 8.15. The second-order valence-electron chi connectivity index (χ2n) is 7.22. The average molecular weight is 443 g/mol. The lowest BCUT2D eigenvalue weighted by atomic mass is 10.2. The number of amides is 1. The molecule has 0 aliphatic heterocycles. The fraction of sp³-hybridized carbons (Fsp3) is 0.0870. The predicted molar refractivity (Wildman–Crippen MR) is 120 cm³/mol. The molecule has 0 fully saturated rings. The van der Waals surface area contributed by atoms with Crippen molar-refractivity contribution in [3.8, 4) is 34.1 Å².